The molecule has 0 aliphatic carbocycles. The first kappa shape index (κ1) is 10.5. The summed E-state index contributed by atoms with van der Waals surface area (Å²) in [6, 6.07) is 0. The Labute approximate surface area is 78.4 Å². The zero-order chi connectivity index (χ0) is 9.68. The van der Waals surface area contributed by atoms with E-state index in [0.717, 1.165) is 0 Å². The van der Waals surface area contributed by atoms with Crippen LogP contribution in [0.5, 0.6) is 0 Å². The van der Waals surface area contributed by atoms with E-state index in [1.807, 2.05) is 6.08 Å². The zero-order valence-electron chi connectivity index (χ0n) is 8.23. The van der Waals surface area contributed by atoms with Crippen molar-refractivity contribution in [3.63, 3.8) is 0 Å². The molecule has 76 valence electrons. The van der Waals surface area contributed by atoms with Crippen LogP contribution in [0.4, 0.5) is 0 Å². The van der Waals surface area contributed by atoms with Gasteiger partial charge in [0.05, 0.1) is 12.9 Å². The molecule has 1 heterocycles. The topological polar surface area (TPSA) is 36.9 Å². The molecular weight excluding hydrogens is 172 g/mol. The van der Waals surface area contributed by atoms with E-state index < -0.39 is 0 Å². The molecule has 4 heteroatoms. The maximum absolute atomic E-state index is 5.34. The quantitative estimate of drug-likeness (QED) is 0.646. The number of ether oxygens (including phenoxy) is 4. The van der Waals surface area contributed by atoms with Crippen LogP contribution in [0, 0.1) is 0 Å². The number of hydrogen-bond acceptors (Lipinski definition) is 4. The molecule has 4 nitrogen and oxygen atoms in total. The van der Waals surface area contributed by atoms with Gasteiger partial charge >= 0.3 is 0 Å². The maximum atomic E-state index is 5.34. The summed E-state index contributed by atoms with van der Waals surface area (Å²) in [4.78, 5) is 0. The fraction of sp³-hybridized carbons (Fsp3) is 0.778. The van der Waals surface area contributed by atoms with Gasteiger partial charge in [0.1, 0.15) is 18.3 Å². The van der Waals surface area contributed by atoms with Crippen LogP contribution in [-0.4, -0.2) is 46.2 Å². The van der Waals surface area contributed by atoms with Gasteiger partial charge in [-0.1, -0.05) is 0 Å². The van der Waals surface area contributed by atoms with Gasteiger partial charge in [-0.2, -0.15) is 0 Å². The minimum Gasteiger partial charge on any atom is -0.493 e. The van der Waals surface area contributed by atoms with Gasteiger partial charge in [-0.15, -0.1) is 0 Å². The highest BCUT2D eigenvalue weighted by Gasteiger charge is 2.32. The van der Waals surface area contributed by atoms with Crippen LogP contribution in [0.1, 0.15) is 0 Å². The fourth-order valence-electron chi connectivity index (χ4n) is 1.42. The van der Waals surface area contributed by atoms with Gasteiger partial charge in [0.25, 0.3) is 0 Å². The van der Waals surface area contributed by atoms with Gasteiger partial charge in [-0.3, -0.25) is 0 Å². The SMILES string of the molecule is COCC1OC=CC(OC)[C@H]1OC. The van der Waals surface area contributed by atoms with Crippen molar-refractivity contribution in [2.75, 3.05) is 27.9 Å². The van der Waals surface area contributed by atoms with Crippen molar-refractivity contribution in [1.29, 1.82) is 0 Å². The van der Waals surface area contributed by atoms with Crippen molar-refractivity contribution in [3.05, 3.63) is 12.3 Å². The van der Waals surface area contributed by atoms with Crippen molar-refractivity contribution in [2.24, 2.45) is 0 Å². The largest absolute Gasteiger partial charge is 0.493 e. The highest BCUT2D eigenvalue weighted by atomic mass is 16.6. The Hall–Kier alpha value is -0.580. The maximum Gasteiger partial charge on any atom is 0.150 e. The van der Waals surface area contributed by atoms with E-state index in [1.54, 1.807) is 27.6 Å². The third-order valence-corrected chi connectivity index (χ3v) is 2.09. The van der Waals surface area contributed by atoms with E-state index >= 15 is 0 Å². The lowest BCUT2D eigenvalue weighted by atomic mass is 10.1. The fourth-order valence-corrected chi connectivity index (χ4v) is 1.42. The Bertz CT molecular complexity index is 169. The summed E-state index contributed by atoms with van der Waals surface area (Å²) < 4.78 is 20.9. The lowest BCUT2D eigenvalue weighted by Crippen LogP contribution is -2.44. The Morgan fingerprint density at radius 2 is 2.00 bits per heavy atom. The van der Waals surface area contributed by atoms with Crippen LogP contribution in [0.3, 0.4) is 0 Å². The van der Waals surface area contributed by atoms with Gasteiger partial charge in [-0.05, 0) is 6.08 Å². The molecule has 2 unspecified atom stereocenters. The second-order valence-electron chi connectivity index (χ2n) is 2.86. The van der Waals surface area contributed by atoms with Gasteiger partial charge in [0, 0.05) is 21.3 Å². The van der Waals surface area contributed by atoms with Crippen LogP contribution in [0.15, 0.2) is 12.3 Å². The second-order valence-corrected chi connectivity index (χ2v) is 2.86. The summed E-state index contributed by atoms with van der Waals surface area (Å²) in [6.07, 6.45) is 3.21. The standard InChI is InChI=1S/C9H16O4/c1-10-6-8-9(12-3)7(11-2)4-5-13-8/h4-5,7-9H,6H2,1-3H3/t7?,8?,9-/m1/s1. The molecule has 0 fully saturated rings. The first-order valence-electron chi connectivity index (χ1n) is 4.20. The van der Waals surface area contributed by atoms with Gasteiger partial charge < -0.3 is 18.9 Å². The molecule has 0 aromatic heterocycles. The van der Waals surface area contributed by atoms with Crippen molar-refractivity contribution in [1.82, 2.24) is 0 Å². The minimum absolute atomic E-state index is 0.0566. The van der Waals surface area contributed by atoms with E-state index in [2.05, 4.69) is 0 Å². The molecule has 1 aliphatic heterocycles. The number of rotatable bonds is 4. The third-order valence-electron chi connectivity index (χ3n) is 2.09. The van der Waals surface area contributed by atoms with Gasteiger partial charge in [0.15, 0.2) is 0 Å². The average Bonchev–Trinajstić information content (AvgIpc) is 2.18. The van der Waals surface area contributed by atoms with Crippen LogP contribution >= 0.6 is 0 Å². The molecule has 0 amide bonds. The van der Waals surface area contributed by atoms with Crippen LogP contribution in [-0.2, 0) is 18.9 Å². The molecule has 0 aromatic carbocycles. The predicted octanol–water partition coefficient (Wildman–Crippen LogP) is 0.575. The number of methoxy groups -OCH3 is 3. The lowest BCUT2D eigenvalue weighted by Gasteiger charge is -2.32. The normalized spacial score (nSPS) is 33.0. The van der Waals surface area contributed by atoms with E-state index in [1.165, 1.54) is 0 Å². The van der Waals surface area contributed by atoms with Crippen molar-refractivity contribution < 1.29 is 18.9 Å². The lowest BCUT2D eigenvalue weighted by molar-refractivity contribution is -0.113. The van der Waals surface area contributed by atoms with E-state index in [-0.39, 0.29) is 18.3 Å². The first-order chi connectivity index (χ1) is 6.33. The molecule has 0 saturated carbocycles. The van der Waals surface area contributed by atoms with Gasteiger partial charge in [-0.25, -0.2) is 0 Å². The molecule has 0 spiro atoms. The molecule has 1 aliphatic rings. The summed E-state index contributed by atoms with van der Waals surface area (Å²) in [5.41, 5.74) is 0. The average molecular weight is 188 g/mol. The summed E-state index contributed by atoms with van der Waals surface area (Å²) >= 11 is 0. The monoisotopic (exact) mass is 188 g/mol. The van der Waals surface area contributed by atoms with Crippen LogP contribution < -0.4 is 0 Å². The van der Waals surface area contributed by atoms with Crippen LogP contribution in [0.25, 0.3) is 0 Å². The zero-order valence-corrected chi connectivity index (χ0v) is 8.23. The highest BCUT2D eigenvalue weighted by molar-refractivity contribution is 4.98. The Balaban J connectivity index is 2.59. The Kier molecular flexibility index (Phi) is 4.21. The molecule has 0 bridgehead atoms. The molecule has 0 N–H and O–H groups in total. The molecule has 3 atom stereocenters. The van der Waals surface area contributed by atoms with Crippen molar-refractivity contribution in [3.8, 4) is 0 Å². The predicted molar refractivity (Wildman–Crippen MR) is 47.5 cm³/mol. The van der Waals surface area contributed by atoms with E-state index in [9.17, 15) is 0 Å². The molecule has 0 radical (unpaired) electrons. The Morgan fingerprint density at radius 1 is 1.23 bits per heavy atom. The molecule has 13 heavy (non-hydrogen) atoms. The van der Waals surface area contributed by atoms with E-state index in [0.29, 0.717) is 6.61 Å². The summed E-state index contributed by atoms with van der Waals surface area (Å²) in [5.74, 6) is 0. The molecular formula is C9H16O4. The number of hydrogen-bond donors (Lipinski definition) is 0. The first-order valence-corrected chi connectivity index (χ1v) is 4.20. The minimum atomic E-state index is -0.102. The molecule has 0 saturated heterocycles. The second kappa shape index (κ2) is 5.21. The summed E-state index contributed by atoms with van der Waals surface area (Å²) in [5, 5.41) is 0. The summed E-state index contributed by atoms with van der Waals surface area (Å²) in [7, 11) is 4.92. The van der Waals surface area contributed by atoms with E-state index in [4.69, 9.17) is 18.9 Å². The van der Waals surface area contributed by atoms with Gasteiger partial charge in [0.2, 0.25) is 0 Å². The smallest absolute Gasteiger partial charge is 0.150 e. The van der Waals surface area contributed by atoms with Crippen molar-refractivity contribution >= 4 is 0 Å². The molecule has 1 rings (SSSR count). The highest BCUT2D eigenvalue weighted by Crippen LogP contribution is 2.17. The summed E-state index contributed by atoms with van der Waals surface area (Å²) in [6.45, 7) is 0.503. The van der Waals surface area contributed by atoms with Crippen LogP contribution in [0.2, 0.25) is 0 Å². The van der Waals surface area contributed by atoms with Crippen molar-refractivity contribution in [2.45, 2.75) is 18.3 Å². The molecule has 0 aromatic rings. The Morgan fingerprint density at radius 3 is 2.54 bits per heavy atom. The third kappa shape index (κ3) is 2.43.